The number of hydrogen-bond acceptors (Lipinski definition) is 2. The first-order valence-corrected chi connectivity index (χ1v) is 12.2. The average molecular weight is 455 g/mol. The van der Waals surface area contributed by atoms with Gasteiger partial charge in [0.25, 0.3) is 0 Å². The van der Waals surface area contributed by atoms with Crippen molar-refractivity contribution in [2.75, 3.05) is 13.1 Å². The SMILES string of the molecule is CC(C)CN(CC(F)(F)F)C(=O)[C@H]1CC[C@H]2[C@@H]3CC[C@H]4NC(=O)C=C[C@]4(C)[C@H]3CC[C@]12C. The maximum Gasteiger partial charge on any atom is 0.406 e. The van der Waals surface area contributed by atoms with Crippen LogP contribution in [-0.2, 0) is 9.59 Å². The molecule has 1 aliphatic heterocycles. The number of alkyl halides is 3. The zero-order valence-corrected chi connectivity index (χ0v) is 19.7. The van der Waals surface area contributed by atoms with E-state index >= 15 is 0 Å². The van der Waals surface area contributed by atoms with E-state index in [9.17, 15) is 22.8 Å². The van der Waals surface area contributed by atoms with E-state index in [2.05, 4.69) is 25.2 Å². The van der Waals surface area contributed by atoms with Gasteiger partial charge in [-0.05, 0) is 73.7 Å². The Balaban J connectivity index is 1.56. The summed E-state index contributed by atoms with van der Waals surface area (Å²) in [5.74, 6) is 0.579. The van der Waals surface area contributed by atoms with Crippen molar-refractivity contribution < 1.29 is 22.8 Å². The summed E-state index contributed by atoms with van der Waals surface area (Å²) >= 11 is 0. The first kappa shape index (κ1) is 23.6. The lowest BCUT2D eigenvalue weighted by atomic mass is 9.48. The third-order valence-corrected chi connectivity index (χ3v) is 9.25. The molecule has 0 spiro atoms. The Kier molecular flexibility index (Phi) is 5.94. The molecule has 4 aliphatic rings. The predicted molar refractivity (Wildman–Crippen MR) is 116 cm³/mol. The minimum absolute atomic E-state index is 0.00873. The van der Waals surface area contributed by atoms with Gasteiger partial charge in [0.05, 0.1) is 0 Å². The van der Waals surface area contributed by atoms with Crippen molar-refractivity contribution in [3.05, 3.63) is 12.2 Å². The summed E-state index contributed by atoms with van der Waals surface area (Å²) in [5, 5.41) is 3.15. The van der Waals surface area contributed by atoms with E-state index in [0.29, 0.717) is 24.2 Å². The van der Waals surface area contributed by atoms with Gasteiger partial charge in [0.2, 0.25) is 11.8 Å². The third kappa shape index (κ3) is 3.98. The van der Waals surface area contributed by atoms with Crippen LogP contribution in [0.4, 0.5) is 13.2 Å². The van der Waals surface area contributed by atoms with Gasteiger partial charge in [-0.1, -0.05) is 33.8 Å². The Morgan fingerprint density at radius 2 is 1.88 bits per heavy atom. The fourth-order valence-electron chi connectivity index (χ4n) is 7.85. The second-order valence-electron chi connectivity index (χ2n) is 11.6. The molecule has 7 atom stereocenters. The molecule has 3 saturated carbocycles. The van der Waals surface area contributed by atoms with E-state index in [1.54, 1.807) is 6.08 Å². The highest BCUT2D eigenvalue weighted by atomic mass is 19.4. The Hall–Kier alpha value is -1.53. The fraction of sp³-hybridized carbons (Fsp3) is 0.840. The molecule has 4 nitrogen and oxygen atoms in total. The maximum atomic E-state index is 13.5. The molecule has 2 amide bonds. The normalized spacial score (nSPS) is 41.0. The number of hydrogen-bond donors (Lipinski definition) is 1. The molecule has 0 bridgehead atoms. The number of halogens is 3. The molecule has 7 heteroatoms. The van der Waals surface area contributed by atoms with Crippen LogP contribution in [0.1, 0.15) is 66.2 Å². The zero-order valence-electron chi connectivity index (χ0n) is 19.7. The molecule has 3 fully saturated rings. The maximum absolute atomic E-state index is 13.5. The van der Waals surface area contributed by atoms with Gasteiger partial charge in [0.15, 0.2) is 0 Å². The number of amides is 2. The van der Waals surface area contributed by atoms with Crippen LogP contribution in [0.25, 0.3) is 0 Å². The fourth-order valence-corrected chi connectivity index (χ4v) is 7.85. The topological polar surface area (TPSA) is 49.4 Å². The molecular formula is C25H37F3N2O2. The van der Waals surface area contributed by atoms with Crippen LogP contribution in [0.5, 0.6) is 0 Å². The lowest BCUT2D eigenvalue weighted by Crippen LogP contribution is -2.59. The first-order chi connectivity index (χ1) is 14.8. The average Bonchev–Trinajstić information content (AvgIpc) is 3.03. The van der Waals surface area contributed by atoms with E-state index < -0.39 is 12.7 Å². The monoisotopic (exact) mass is 454 g/mol. The van der Waals surface area contributed by atoms with E-state index in [-0.39, 0.29) is 47.1 Å². The van der Waals surface area contributed by atoms with Crippen LogP contribution < -0.4 is 5.32 Å². The molecule has 0 unspecified atom stereocenters. The van der Waals surface area contributed by atoms with Crippen molar-refractivity contribution in [1.82, 2.24) is 10.2 Å². The summed E-state index contributed by atoms with van der Waals surface area (Å²) in [6, 6.07) is 0.151. The van der Waals surface area contributed by atoms with Crippen LogP contribution >= 0.6 is 0 Å². The lowest BCUT2D eigenvalue weighted by Gasteiger charge is -2.58. The van der Waals surface area contributed by atoms with Gasteiger partial charge in [0.1, 0.15) is 6.54 Å². The van der Waals surface area contributed by atoms with Crippen LogP contribution in [0.2, 0.25) is 0 Å². The standard InChI is InChI=1S/C25H37F3N2O2/c1-15(2)13-30(14-25(26,27)28)22(32)19-7-6-17-16-5-8-20-24(4,12-10-21(31)29-20)18(16)9-11-23(17,19)3/h10,12,15-20H,5-9,11,13-14H2,1-4H3,(H,29,31)/t16-,17-,18-,19+,20+,23-,24+/m0/s1. The zero-order chi connectivity index (χ0) is 23.5. The number of nitrogens with one attached hydrogen (secondary N) is 1. The van der Waals surface area contributed by atoms with Crippen molar-refractivity contribution in [2.45, 2.75) is 78.4 Å². The van der Waals surface area contributed by atoms with Crippen molar-refractivity contribution >= 4 is 11.8 Å². The van der Waals surface area contributed by atoms with Crippen molar-refractivity contribution in [1.29, 1.82) is 0 Å². The number of carbonyl (C=O) groups is 2. The quantitative estimate of drug-likeness (QED) is 0.654. The summed E-state index contributed by atoms with van der Waals surface area (Å²) in [6.07, 6.45) is 4.72. The van der Waals surface area contributed by atoms with E-state index in [1.807, 2.05) is 13.8 Å². The summed E-state index contributed by atoms with van der Waals surface area (Å²) in [7, 11) is 0. The van der Waals surface area contributed by atoms with Gasteiger partial charge in [-0.3, -0.25) is 9.59 Å². The molecule has 1 heterocycles. The van der Waals surface area contributed by atoms with Gasteiger partial charge >= 0.3 is 6.18 Å². The Bertz CT molecular complexity index is 795. The molecule has 0 radical (unpaired) electrons. The van der Waals surface area contributed by atoms with Gasteiger partial charge in [-0.15, -0.1) is 0 Å². The van der Waals surface area contributed by atoms with E-state index in [4.69, 9.17) is 0 Å². The Morgan fingerprint density at radius 1 is 1.16 bits per heavy atom. The van der Waals surface area contributed by atoms with E-state index in [0.717, 1.165) is 37.0 Å². The number of fused-ring (bicyclic) bond motifs is 5. The van der Waals surface area contributed by atoms with Gasteiger partial charge in [0, 0.05) is 23.9 Å². The highest BCUT2D eigenvalue weighted by Gasteiger charge is 2.61. The minimum Gasteiger partial charge on any atom is -0.349 e. The third-order valence-electron chi connectivity index (χ3n) is 9.25. The molecule has 0 saturated heterocycles. The van der Waals surface area contributed by atoms with Gasteiger partial charge < -0.3 is 10.2 Å². The molecule has 0 aromatic heterocycles. The van der Waals surface area contributed by atoms with Crippen molar-refractivity contribution in [3.8, 4) is 0 Å². The lowest BCUT2D eigenvalue weighted by molar-refractivity contribution is -0.168. The number of rotatable bonds is 4. The van der Waals surface area contributed by atoms with Crippen molar-refractivity contribution in [2.24, 2.45) is 40.4 Å². The molecule has 0 aromatic rings. The smallest absolute Gasteiger partial charge is 0.349 e. The van der Waals surface area contributed by atoms with Crippen LogP contribution in [-0.4, -0.2) is 42.0 Å². The number of carbonyl (C=O) groups excluding carboxylic acids is 2. The molecule has 0 aromatic carbocycles. The second-order valence-corrected chi connectivity index (χ2v) is 11.6. The minimum atomic E-state index is -4.38. The molecule has 180 valence electrons. The summed E-state index contributed by atoms with van der Waals surface area (Å²) in [6.45, 7) is 7.12. The summed E-state index contributed by atoms with van der Waals surface area (Å²) < 4.78 is 39.8. The summed E-state index contributed by atoms with van der Waals surface area (Å²) in [5.41, 5.74) is -0.329. The predicted octanol–water partition coefficient (Wildman–Crippen LogP) is 4.95. The largest absolute Gasteiger partial charge is 0.406 e. The molecule has 32 heavy (non-hydrogen) atoms. The first-order valence-electron chi connectivity index (χ1n) is 12.2. The van der Waals surface area contributed by atoms with Crippen LogP contribution in [0.3, 0.4) is 0 Å². The Morgan fingerprint density at radius 3 is 2.53 bits per heavy atom. The molecular weight excluding hydrogens is 417 g/mol. The van der Waals surface area contributed by atoms with Crippen molar-refractivity contribution in [3.63, 3.8) is 0 Å². The number of nitrogens with zero attached hydrogens (tertiary/aromatic N) is 1. The highest BCUT2D eigenvalue weighted by molar-refractivity contribution is 5.89. The van der Waals surface area contributed by atoms with Crippen LogP contribution in [0.15, 0.2) is 12.2 Å². The summed E-state index contributed by atoms with van der Waals surface area (Å²) in [4.78, 5) is 26.4. The molecule has 4 rings (SSSR count). The Labute approximate surface area is 189 Å². The van der Waals surface area contributed by atoms with Crippen LogP contribution in [0, 0.1) is 40.4 Å². The molecule has 1 N–H and O–H groups in total. The molecule has 3 aliphatic carbocycles. The highest BCUT2D eigenvalue weighted by Crippen LogP contribution is 2.65. The van der Waals surface area contributed by atoms with Gasteiger partial charge in [-0.2, -0.15) is 13.2 Å². The van der Waals surface area contributed by atoms with Gasteiger partial charge in [-0.25, -0.2) is 0 Å². The van der Waals surface area contributed by atoms with E-state index in [1.165, 1.54) is 0 Å². The second kappa shape index (κ2) is 8.05.